The van der Waals surface area contributed by atoms with E-state index in [0.717, 1.165) is 128 Å². The van der Waals surface area contributed by atoms with Crippen LogP contribution in [0.1, 0.15) is 231 Å². The molecule has 0 aromatic carbocycles. The Bertz CT molecular complexity index is 2420. The van der Waals surface area contributed by atoms with E-state index >= 15 is 0 Å². The number of carboxylic acid groups (broad SMARTS) is 2. The number of nitrogens with one attached hydrogen (secondary N) is 5. The average Bonchev–Trinajstić information content (AvgIpc) is 0.865. The number of rotatable bonds is 105. The van der Waals surface area contributed by atoms with Gasteiger partial charge in [-0.2, -0.15) is 0 Å². The predicted octanol–water partition coefficient (Wildman–Crippen LogP) is 7.09. The molecule has 5 amide bonds. The second-order valence-corrected chi connectivity index (χ2v) is 30.0. The van der Waals surface area contributed by atoms with Crippen molar-refractivity contribution in [2.75, 3.05) is 257 Å². The van der Waals surface area contributed by atoms with Gasteiger partial charge in [0.1, 0.15) is 30.6 Å². The lowest BCUT2D eigenvalue weighted by Gasteiger charge is -2.33. The summed E-state index contributed by atoms with van der Waals surface area (Å²) in [6.07, 6.45) is 22.4. The molecule has 0 rings (SSSR count). The molecule has 728 valence electrons. The van der Waals surface area contributed by atoms with Crippen LogP contribution in [-0.4, -0.2) is 339 Å². The molecular weight excluding hydrogens is 1640 g/mol. The van der Waals surface area contributed by atoms with Gasteiger partial charge in [-0.25, -0.2) is 0 Å². The molecule has 0 aliphatic carbocycles. The SMILES string of the molecule is O=COCCOCCOCCOCCCC(=O)CCCCCCCNC(=O)CCOCC(COCCC(=O)CCCCCCCCC(=O)NCCOCCOCCOCCC(=O)O)(COCCC(=O)NCCCCCCCC(=O)CCCOCCOCCOCCOC=O)COCCC(=O)NCCCCCCCC(=O)NCCOCCOCCOCCC(=O)O. The quantitative estimate of drug-likeness (QED) is 0.0236. The van der Waals surface area contributed by atoms with E-state index in [1.165, 1.54) is 0 Å². The summed E-state index contributed by atoms with van der Waals surface area (Å²) in [5.41, 5.74) is -0.995. The van der Waals surface area contributed by atoms with Crippen molar-refractivity contribution in [1.82, 2.24) is 26.6 Å². The second-order valence-electron chi connectivity index (χ2n) is 30.0. The van der Waals surface area contributed by atoms with Gasteiger partial charge in [0.2, 0.25) is 29.5 Å². The molecule has 7 N–H and O–H groups in total. The lowest BCUT2D eigenvalue weighted by molar-refractivity contribution is -0.139. The molecule has 0 heterocycles. The maximum atomic E-state index is 13.2. The first-order chi connectivity index (χ1) is 61.1. The molecule has 0 saturated carbocycles. The van der Waals surface area contributed by atoms with Crippen LogP contribution < -0.4 is 26.6 Å². The number of aliphatic carboxylic acids is 2. The zero-order chi connectivity index (χ0) is 91.0. The summed E-state index contributed by atoms with van der Waals surface area (Å²) in [6, 6.07) is 0. The van der Waals surface area contributed by atoms with E-state index < -0.39 is 17.4 Å². The number of unbranched alkanes of at least 4 members (excludes halogenated alkanes) is 17. The van der Waals surface area contributed by atoms with Gasteiger partial charge in [0, 0.05) is 117 Å². The van der Waals surface area contributed by atoms with Crippen LogP contribution in [0.25, 0.3) is 0 Å². The summed E-state index contributed by atoms with van der Waals surface area (Å²) < 4.78 is 98.8. The number of carbonyl (C=O) groups excluding carboxylic acids is 10. The Morgan fingerprint density at radius 1 is 0.192 bits per heavy atom. The molecule has 0 aliphatic heterocycles. The number of amides is 5. The van der Waals surface area contributed by atoms with Crippen molar-refractivity contribution in [3.05, 3.63) is 0 Å². The van der Waals surface area contributed by atoms with Crippen molar-refractivity contribution in [2.24, 2.45) is 5.41 Å². The van der Waals surface area contributed by atoms with Crippen LogP contribution in [0.4, 0.5) is 0 Å². The first kappa shape index (κ1) is 119. The second kappa shape index (κ2) is 95.2. The summed E-state index contributed by atoms with van der Waals surface area (Å²) in [4.78, 5) is 144. The van der Waals surface area contributed by atoms with Gasteiger partial charge in [-0.1, -0.05) is 83.5 Å². The fourth-order valence-corrected chi connectivity index (χ4v) is 11.9. The van der Waals surface area contributed by atoms with E-state index in [2.05, 4.69) is 36.1 Å². The van der Waals surface area contributed by atoms with Crippen LogP contribution >= 0.6 is 0 Å². The van der Waals surface area contributed by atoms with E-state index in [4.69, 9.17) is 86.0 Å². The zero-order valence-electron chi connectivity index (χ0n) is 75.3. The third kappa shape index (κ3) is 93.6. The first-order valence-electron chi connectivity index (χ1n) is 45.8. The van der Waals surface area contributed by atoms with Crippen LogP contribution in [0.3, 0.4) is 0 Å². The van der Waals surface area contributed by atoms with Crippen molar-refractivity contribution < 1.29 is 153 Å². The molecular formula is C88H159N5O32. The molecule has 0 aromatic heterocycles. The third-order valence-electron chi connectivity index (χ3n) is 18.8. The summed E-state index contributed by atoms with van der Waals surface area (Å²) in [7, 11) is 0. The van der Waals surface area contributed by atoms with E-state index in [-0.39, 0.29) is 165 Å². The van der Waals surface area contributed by atoms with Crippen molar-refractivity contribution in [3.8, 4) is 0 Å². The van der Waals surface area contributed by atoms with E-state index in [9.17, 15) is 57.5 Å². The van der Waals surface area contributed by atoms with E-state index in [1.54, 1.807) is 0 Å². The highest BCUT2D eigenvalue weighted by Crippen LogP contribution is 2.23. The molecule has 0 aliphatic rings. The Kier molecular flexibility index (Phi) is 90.3. The predicted molar refractivity (Wildman–Crippen MR) is 461 cm³/mol. The number of hydrogen-bond donors (Lipinski definition) is 7. The molecule has 0 bridgehead atoms. The third-order valence-corrected chi connectivity index (χ3v) is 18.8. The van der Waals surface area contributed by atoms with Crippen LogP contribution in [0.5, 0.6) is 0 Å². The highest BCUT2D eigenvalue weighted by atomic mass is 16.6. The minimum absolute atomic E-state index is 0.0178. The van der Waals surface area contributed by atoms with Crippen LogP contribution in [-0.2, 0) is 143 Å². The monoisotopic (exact) mass is 1800 g/mol. The molecule has 37 heteroatoms. The van der Waals surface area contributed by atoms with E-state index in [1.807, 2.05) is 0 Å². The zero-order valence-corrected chi connectivity index (χ0v) is 75.3. The van der Waals surface area contributed by atoms with Crippen LogP contribution in [0.15, 0.2) is 0 Å². The van der Waals surface area contributed by atoms with Crippen LogP contribution in [0, 0.1) is 5.41 Å². The first-order valence-corrected chi connectivity index (χ1v) is 45.8. The smallest absolute Gasteiger partial charge is 0.305 e. The maximum Gasteiger partial charge on any atom is 0.305 e. The van der Waals surface area contributed by atoms with Gasteiger partial charge >= 0.3 is 11.9 Å². The molecule has 0 radical (unpaired) electrons. The lowest BCUT2D eigenvalue weighted by Crippen LogP contribution is -2.42. The summed E-state index contributed by atoms with van der Waals surface area (Å²) in [5.74, 6) is -2.04. The molecule has 0 fully saturated rings. The van der Waals surface area contributed by atoms with Gasteiger partial charge in [0.15, 0.2) is 0 Å². The molecule has 0 atom stereocenters. The van der Waals surface area contributed by atoms with Crippen LogP contribution in [0.2, 0.25) is 0 Å². The Hall–Kier alpha value is -6.40. The minimum Gasteiger partial charge on any atom is -0.481 e. The number of ether oxygens (including phenoxy) is 18. The molecule has 0 aromatic rings. The molecule has 0 saturated heterocycles. The Morgan fingerprint density at radius 2 is 0.400 bits per heavy atom. The number of Topliss-reactive ketones (excluding diaryl/α,β-unsaturated/α-hetero) is 3. The number of hydrogen-bond acceptors (Lipinski definition) is 30. The van der Waals surface area contributed by atoms with Gasteiger partial charge in [-0.05, 0) is 64.2 Å². The lowest BCUT2D eigenvalue weighted by atomic mass is 9.92. The molecule has 0 unspecified atom stereocenters. The summed E-state index contributed by atoms with van der Waals surface area (Å²) >= 11 is 0. The van der Waals surface area contributed by atoms with Gasteiger partial charge in [0.05, 0.1) is 216 Å². The Labute approximate surface area is 742 Å². The van der Waals surface area contributed by atoms with Crippen molar-refractivity contribution in [2.45, 2.75) is 231 Å². The normalized spacial score (nSPS) is 11.4. The highest BCUT2D eigenvalue weighted by molar-refractivity contribution is 5.80. The topological polar surface area (TPSA) is 472 Å². The van der Waals surface area contributed by atoms with E-state index in [0.29, 0.717) is 255 Å². The summed E-state index contributed by atoms with van der Waals surface area (Å²) in [5, 5.41) is 32.0. The minimum atomic E-state index is -0.995. The Morgan fingerprint density at radius 3 is 0.696 bits per heavy atom. The van der Waals surface area contributed by atoms with Gasteiger partial charge in [-0.3, -0.25) is 57.5 Å². The number of ketones is 3. The fourth-order valence-electron chi connectivity index (χ4n) is 11.9. The number of carbonyl (C=O) groups is 12. The molecule has 125 heavy (non-hydrogen) atoms. The Balaban J connectivity index is 5.50. The standard InChI is InChI=1S/C88H159N5O32/c94-76-124-70-68-118-66-64-114-58-52-108-42-22-27-78(96)24-14-7-3-11-19-37-89-83(101)32-45-121-73-88(72-120-44-31-80(98)26-16-6-1-2-9-17-29-81(99)92-40-50-112-56-62-116-60-54-110-48-35-86(104)105,74-122-46-33-84(102)90-38-20-12-4-8-15-25-79(97)28-23-43-109-53-59-115-65-67-119-69-71-125-77-95)75-123-47-34-85(103)91-39-21-13-5-10-18-30-82(100)93-41-51-113-57-63-117-61-55-111-49-36-87(106)107/h76-77H,1-75H2,(H,89,101)(H,90,102)(H,91,103)(H,92,99)(H,93,100)(H,104,105)(H,106,107). The maximum absolute atomic E-state index is 13.2. The van der Waals surface area contributed by atoms with Gasteiger partial charge in [0.25, 0.3) is 12.9 Å². The van der Waals surface area contributed by atoms with Gasteiger partial charge in [-0.15, -0.1) is 0 Å². The fraction of sp³-hybridized carbons (Fsp3) is 0.864. The molecule has 37 nitrogen and oxygen atoms in total. The molecule has 0 spiro atoms. The van der Waals surface area contributed by atoms with Crippen molar-refractivity contribution >= 4 is 71.8 Å². The van der Waals surface area contributed by atoms with Crippen molar-refractivity contribution in [3.63, 3.8) is 0 Å². The van der Waals surface area contributed by atoms with Crippen molar-refractivity contribution in [1.29, 1.82) is 0 Å². The van der Waals surface area contributed by atoms with Gasteiger partial charge < -0.3 is 122 Å². The highest BCUT2D eigenvalue weighted by Gasteiger charge is 2.33. The number of carboxylic acids is 2. The average molecular weight is 1800 g/mol. The summed E-state index contributed by atoms with van der Waals surface area (Å²) in [6.45, 7) is 12.2. The largest absolute Gasteiger partial charge is 0.481 e.